The van der Waals surface area contributed by atoms with Crippen molar-refractivity contribution in [2.24, 2.45) is 0 Å². The fraction of sp³-hybridized carbons (Fsp3) is 0.111. The zero-order chi connectivity index (χ0) is 19.8. The first-order chi connectivity index (χ1) is 12.6. The van der Waals surface area contributed by atoms with Crippen molar-refractivity contribution in [1.82, 2.24) is 9.78 Å². The van der Waals surface area contributed by atoms with E-state index in [1.807, 2.05) is 0 Å². The molecule has 2 aromatic carbocycles. The van der Waals surface area contributed by atoms with Gasteiger partial charge in [0.25, 0.3) is 5.91 Å². The molecule has 27 heavy (non-hydrogen) atoms. The Morgan fingerprint density at radius 3 is 2.48 bits per heavy atom. The van der Waals surface area contributed by atoms with E-state index in [1.165, 1.54) is 35.0 Å². The van der Waals surface area contributed by atoms with Crippen molar-refractivity contribution in [3.63, 3.8) is 0 Å². The van der Waals surface area contributed by atoms with E-state index in [0.29, 0.717) is 16.4 Å². The number of aromatic nitrogens is 2. The number of nitrogens with zero attached hydrogens (tertiary/aromatic N) is 2. The Labute approximate surface area is 162 Å². The summed E-state index contributed by atoms with van der Waals surface area (Å²) in [7, 11) is 0. The highest BCUT2D eigenvalue weighted by atomic mass is 35.5. The molecule has 0 aliphatic carbocycles. The predicted molar refractivity (Wildman–Crippen MR) is 97.7 cm³/mol. The molecule has 4 nitrogen and oxygen atoms in total. The van der Waals surface area contributed by atoms with E-state index in [-0.39, 0.29) is 16.4 Å². The Bertz CT molecular complexity index is 1020. The van der Waals surface area contributed by atoms with E-state index < -0.39 is 17.6 Å². The Balaban J connectivity index is 1.88. The minimum atomic E-state index is -4.47. The SMILES string of the molecule is Cc1cc(C(=O)Nc2ccc(Cl)c(Cl)c2)nn1-c1cccc(C(F)(F)F)c1. The first-order valence-corrected chi connectivity index (χ1v) is 8.41. The molecule has 9 heteroatoms. The van der Waals surface area contributed by atoms with E-state index in [0.717, 1.165) is 12.1 Å². The van der Waals surface area contributed by atoms with E-state index >= 15 is 0 Å². The summed E-state index contributed by atoms with van der Waals surface area (Å²) in [6, 6.07) is 10.8. The number of halogens is 5. The first kappa shape index (κ1) is 19.3. The van der Waals surface area contributed by atoms with Crippen molar-refractivity contribution in [2.75, 3.05) is 5.32 Å². The summed E-state index contributed by atoms with van der Waals surface area (Å²) < 4.78 is 40.0. The fourth-order valence-corrected chi connectivity index (χ4v) is 2.73. The molecular formula is C18H12Cl2F3N3O. The van der Waals surface area contributed by atoms with Gasteiger partial charge in [-0.3, -0.25) is 4.79 Å². The number of alkyl halides is 3. The molecule has 1 N–H and O–H groups in total. The standard InChI is InChI=1S/C18H12Cl2F3N3O/c1-10-7-16(17(27)24-12-5-6-14(19)15(20)9-12)25-26(10)13-4-2-3-11(8-13)18(21,22)23/h2-9H,1H3,(H,24,27). The van der Waals surface area contributed by atoms with Crippen LogP contribution in [0.4, 0.5) is 18.9 Å². The monoisotopic (exact) mass is 413 g/mol. The molecule has 0 aliphatic rings. The number of benzene rings is 2. The zero-order valence-electron chi connectivity index (χ0n) is 13.8. The van der Waals surface area contributed by atoms with Crippen molar-refractivity contribution in [2.45, 2.75) is 13.1 Å². The lowest BCUT2D eigenvalue weighted by atomic mass is 10.2. The number of nitrogens with one attached hydrogen (secondary N) is 1. The number of hydrogen-bond donors (Lipinski definition) is 1. The van der Waals surface area contributed by atoms with Crippen LogP contribution in [0.5, 0.6) is 0 Å². The van der Waals surface area contributed by atoms with Crippen molar-refractivity contribution in [3.05, 3.63) is 75.5 Å². The van der Waals surface area contributed by atoms with E-state index in [9.17, 15) is 18.0 Å². The summed E-state index contributed by atoms with van der Waals surface area (Å²) >= 11 is 11.7. The van der Waals surface area contributed by atoms with Crippen LogP contribution in [0.2, 0.25) is 10.0 Å². The molecule has 1 heterocycles. The van der Waals surface area contributed by atoms with Gasteiger partial charge >= 0.3 is 6.18 Å². The van der Waals surface area contributed by atoms with Gasteiger partial charge in [-0.15, -0.1) is 0 Å². The number of carbonyl (C=O) groups is 1. The second-order valence-corrected chi connectivity index (χ2v) is 6.53. The third-order valence-corrected chi connectivity index (χ3v) is 4.45. The lowest BCUT2D eigenvalue weighted by Gasteiger charge is -2.09. The van der Waals surface area contributed by atoms with Gasteiger partial charge < -0.3 is 5.32 Å². The van der Waals surface area contributed by atoms with Gasteiger partial charge in [-0.1, -0.05) is 29.3 Å². The number of amides is 1. The lowest BCUT2D eigenvalue weighted by Crippen LogP contribution is -2.13. The second-order valence-electron chi connectivity index (χ2n) is 5.71. The maximum Gasteiger partial charge on any atom is 0.416 e. The molecule has 140 valence electrons. The number of aryl methyl sites for hydroxylation is 1. The minimum Gasteiger partial charge on any atom is -0.321 e. The zero-order valence-corrected chi connectivity index (χ0v) is 15.3. The predicted octanol–water partition coefficient (Wildman–Crippen LogP) is 5.76. The van der Waals surface area contributed by atoms with Gasteiger partial charge in [-0.25, -0.2) is 4.68 Å². The van der Waals surface area contributed by atoms with Crippen LogP contribution in [0.15, 0.2) is 48.5 Å². The van der Waals surface area contributed by atoms with E-state index in [4.69, 9.17) is 23.2 Å². The van der Waals surface area contributed by atoms with Gasteiger partial charge in [0, 0.05) is 11.4 Å². The topological polar surface area (TPSA) is 46.9 Å². The molecule has 0 aliphatic heterocycles. The largest absolute Gasteiger partial charge is 0.416 e. The molecule has 0 saturated heterocycles. The Morgan fingerprint density at radius 1 is 1.07 bits per heavy atom. The van der Waals surface area contributed by atoms with Gasteiger partial charge in [0.2, 0.25) is 0 Å². The minimum absolute atomic E-state index is 0.0518. The molecule has 0 bridgehead atoms. The highest BCUT2D eigenvalue weighted by Gasteiger charge is 2.30. The summed E-state index contributed by atoms with van der Waals surface area (Å²) in [5.74, 6) is -0.526. The van der Waals surface area contributed by atoms with Gasteiger partial charge in [0.05, 0.1) is 21.3 Å². The molecule has 0 radical (unpaired) electrons. The molecule has 0 atom stereocenters. The normalized spacial score (nSPS) is 11.5. The van der Waals surface area contributed by atoms with E-state index in [1.54, 1.807) is 13.0 Å². The Hall–Kier alpha value is -2.51. The smallest absolute Gasteiger partial charge is 0.321 e. The van der Waals surface area contributed by atoms with Gasteiger partial charge in [-0.2, -0.15) is 18.3 Å². The van der Waals surface area contributed by atoms with Crippen LogP contribution in [-0.2, 0) is 6.18 Å². The summed E-state index contributed by atoms with van der Waals surface area (Å²) in [4.78, 5) is 12.4. The maximum absolute atomic E-state index is 12.9. The average molecular weight is 414 g/mol. The van der Waals surface area contributed by atoms with Crippen LogP contribution in [0.1, 0.15) is 21.7 Å². The van der Waals surface area contributed by atoms with Crippen LogP contribution in [-0.4, -0.2) is 15.7 Å². The number of carbonyl (C=O) groups excluding carboxylic acids is 1. The summed E-state index contributed by atoms with van der Waals surface area (Å²) in [5.41, 5.74) is 0.387. The third kappa shape index (κ3) is 4.26. The third-order valence-electron chi connectivity index (χ3n) is 3.72. The molecule has 3 rings (SSSR count). The van der Waals surface area contributed by atoms with E-state index in [2.05, 4.69) is 10.4 Å². The lowest BCUT2D eigenvalue weighted by molar-refractivity contribution is -0.137. The van der Waals surface area contributed by atoms with Crippen LogP contribution in [0.25, 0.3) is 5.69 Å². The van der Waals surface area contributed by atoms with Gasteiger partial charge in [0.15, 0.2) is 5.69 Å². The molecular weight excluding hydrogens is 402 g/mol. The number of anilines is 1. The molecule has 0 unspecified atom stereocenters. The Morgan fingerprint density at radius 2 is 1.81 bits per heavy atom. The van der Waals surface area contributed by atoms with Crippen LogP contribution in [0, 0.1) is 6.92 Å². The van der Waals surface area contributed by atoms with Crippen molar-refractivity contribution in [1.29, 1.82) is 0 Å². The first-order valence-electron chi connectivity index (χ1n) is 7.66. The van der Waals surface area contributed by atoms with Crippen LogP contribution in [0.3, 0.4) is 0 Å². The quantitative estimate of drug-likeness (QED) is 0.593. The van der Waals surface area contributed by atoms with Crippen molar-refractivity contribution in [3.8, 4) is 5.69 Å². The highest BCUT2D eigenvalue weighted by Crippen LogP contribution is 2.30. The summed E-state index contributed by atoms with van der Waals surface area (Å²) in [6.07, 6.45) is -4.47. The molecule has 3 aromatic rings. The van der Waals surface area contributed by atoms with Crippen molar-refractivity contribution >= 4 is 34.8 Å². The fourth-order valence-electron chi connectivity index (χ4n) is 2.43. The number of hydrogen-bond acceptors (Lipinski definition) is 2. The molecule has 1 amide bonds. The maximum atomic E-state index is 12.9. The van der Waals surface area contributed by atoms with Gasteiger partial charge in [0.1, 0.15) is 0 Å². The second kappa shape index (κ2) is 7.25. The average Bonchev–Trinajstić information content (AvgIpc) is 2.99. The van der Waals surface area contributed by atoms with Crippen molar-refractivity contribution < 1.29 is 18.0 Å². The van der Waals surface area contributed by atoms with Crippen LogP contribution >= 0.6 is 23.2 Å². The molecule has 0 fully saturated rings. The molecule has 0 saturated carbocycles. The summed E-state index contributed by atoms with van der Waals surface area (Å²) in [5, 5.41) is 7.36. The Kier molecular flexibility index (Phi) is 5.17. The molecule has 1 aromatic heterocycles. The highest BCUT2D eigenvalue weighted by molar-refractivity contribution is 6.42. The number of rotatable bonds is 3. The molecule has 0 spiro atoms. The summed E-state index contributed by atoms with van der Waals surface area (Å²) in [6.45, 7) is 1.64. The van der Waals surface area contributed by atoms with Crippen LogP contribution < -0.4 is 5.32 Å². The van der Waals surface area contributed by atoms with Gasteiger partial charge in [-0.05, 0) is 49.4 Å².